The number of imidazole rings is 1. The standard InChI is InChI=1S/C22H23N5O2/c1-14-18(15(2)27(25-14)13-16-7-5-4-6-8-16)12-23-21(28)17-9-10-20-19(11-17)24-22(29)26(20)3/h4-11H,12-13H2,1-3H3,(H,23,28)(H,24,29). The number of carbonyl (C=O) groups excluding carboxylic acids is 1. The molecule has 2 aromatic carbocycles. The van der Waals surface area contributed by atoms with E-state index in [2.05, 4.69) is 27.5 Å². The molecule has 0 aliphatic rings. The third kappa shape index (κ3) is 3.59. The highest BCUT2D eigenvalue weighted by atomic mass is 16.2. The van der Waals surface area contributed by atoms with Crippen LogP contribution < -0.4 is 11.0 Å². The molecule has 4 rings (SSSR count). The molecule has 2 heterocycles. The smallest absolute Gasteiger partial charge is 0.326 e. The van der Waals surface area contributed by atoms with Gasteiger partial charge in [-0.2, -0.15) is 5.10 Å². The van der Waals surface area contributed by atoms with Crippen LogP contribution in [0.25, 0.3) is 11.0 Å². The van der Waals surface area contributed by atoms with Crippen molar-refractivity contribution in [2.24, 2.45) is 7.05 Å². The third-order valence-electron chi connectivity index (χ3n) is 5.30. The fourth-order valence-corrected chi connectivity index (χ4v) is 3.55. The quantitative estimate of drug-likeness (QED) is 0.550. The summed E-state index contributed by atoms with van der Waals surface area (Å²) in [5, 5.41) is 7.60. The second-order valence-electron chi connectivity index (χ2n) is 7.20. The molecular formula is C22H23N5O2. The number of hydrogen-bond donors (Lipinski definition) is 2. The van der Waals surface area contributed by atoms with E-state index in [1.165, 1.54) is 10.1 Å². The Balaban J connectivity index is 1.50. The SMILES string of the molecule is Cc1nn(Cc2ccccc2)c(C)c1CNC(=O)c1ccc2c(c1)[nH]c(=O)n2C. The summed E-state index contributed by atoms with van der Waals surface area (Å²) in [6, 6.07) is 15.4. The molecule has 0 aliphatic heterocycles. The van der Waals surface area contributed by atoms with Gasteiger partial charge in [-0.15, -0.1) is 0 Å². The maximum Gasteiger partial charge on any atom is 0.326 e. The Morgan fingerprint density at radius 3 is 2.66 bits per heavy atom. The Hall–Kier alpha value is -3.61. The van der Waals surface area contributed by atoms with E-state index in [0.717, 1.165) is 22.5 Å². The van der Waals surface area contributed by atoms with Crippen molar-refractivity contribution >= 4 is 16.9 Å². The van der Waals surface area contributed by atoms with Gasteiger partial charge in [-0.1, -0.05) is 30.3 Å². The van der Waals surface area contributed by atoms with Crippen molar-refractivity contribution < 1.29 is 4.79 Å². The Kier molecular flexibility index (Phi) is 4.80. The zero-order valence-electron chi connectivity index (χ0n) is 16.7. The molecule has 0 atom stereocenters. The first-order chi connectivity index (χ1) is 13.9. The molecule has 2 N–H and O–H groups in total. The minimum absolute atomic E-state index is 0.189. The first-order valence-corrected chi connectivity index (χ1v) is 9.48. The van der Waals surface area contributed by atoms with Gasteiger partial charge in [0.25, 0.3) is 5.91 Å². The van der Waals surface area contributed by atoms with Crippen LogP contribution >= 0.6 is 0 Å². The molecule has 0 radical (unpaired) electrons. The number of aryl methyl sites for hydroxylation is 2. The summed E-state index contributed by atoms with van der Waals surface area (Å²) >= 11 is 0. The van der Waals surface area contributed by atoms with Gasteiger partial charge < -0.3 is 10.3 Å². The number of aromatic amines is 1. The average Bonchev–Trinajstić information content (AvgIpc) is 3.15. The van der Waals surface area contributed by atoms with Gasteiger partial charge in [0.1, 0.15) is 0 Å². The second-order valence-corrected chi connectivity index (χ2v) is 7.20. The highest BCUT2D eigenvalue weighted by Gasteiger charge is 2.14. The minimum Gasteiger partial charge on any atom is -0.348 e. The Labute approximate surface area is 168 Å². The van der Waals surface area contributed by atoms with Crippen LogP contribution in [0.2, 0.25) is 0 Å². The Bertz CT molecular complexity index is 1250. The van der Waals surface area contributed by atoms with Crippen LogP contribution in [0.15, 0.2) is 53.3 Å². The molecule has 2 aromatic heterocycles. The molecule has 0 spiro atoms. The lowest BCUT2D eigenvalue weighted by molar-refractivity contribution is 0.0951. The Morgan fingerprint density at radius 1 is 1.14 bits per heavy atom. The van der Waals surface area contributed by atoms with Crippen LogP contribution in [0.1, 0.15) is 32.9 Å². The second kappa shape index (κ2) is 7.43. The van der Waals surface area contributed by atoms with Gasteiger partial charge in [-0.05, 0) is 37.6 Å². The normalized spacial score (nSPS) is 11.1. The molecular weight excluding hydrogens is 366 g/mol. The molecule has 148 valence electrons. The zero-order chi connectivity index (χ0) is 20.5. The molecule has 0 saturated heterocycles. The van der Waals surface area contributed by atoms with E-state index in [9.17, 15) is 9.59 Å². The Morgan fingerprint density at radius 2 is 1.90 bits per heavy atom. The summed E-state index contributed by atoms with van der Waals surface area (Å²) in [5.74, 6) is -0.189. The van der Waals surface area contributed by atoms with Crippen LogP contribution in [-0.4, -0.2) is 25.2 Å². The van der Waals surface area contributed by atoms with Crippen LogP contribution in [-0.2, 0) is 20.1 Å². The van der Waals surface area contributed by atoms with Gasteiger partial charge in [0, 0.05) is 30.4 Å². The van der Waals surface area contributed by atoms with Gasteiger partial charge in [-0.3, -0.25) is 14.0 Å². The summed E-state index contributed by atoms with van der Waals surface area (Å²) in [6.07, 6.45) is 0. The summed E-state index contributed by atoms with van der Waals surface area (Å²) in [7, 11) is 1.69. The molecule has 0 bridgehead atoms. The lowest BCUT2D eigenvalue weighted by atomic mass is 10.1. The molecule has 29 heavy (non-hydrogen) atoms. The van der Waals surface area contributed by atoms with E-state index in [-0.39, 0.29) is 11.6 Å². The third-order valence-corrected chi connectivity index (χ3v) is 5.30. The molecule has 1 amide bonds. The predicted molar refractivity (Wildman–Crippen MR) is 112 cm³/mol. The van der Waals surface area contributed by atoms with E-state index in [0.29, 0.717) is 24.2 Å². The monoisotopic (exact) mass is 389 g/mol. The molecule has 0 unspecified atom stereocenters. The molecule has 0 aliphatic carbocycles. The maximum atomic E-state index is 12.6. The van der Waals surface area contributed by atoms with Crippen LogP contribution in [0, 0.1) is 13.8 Å². The molecule has 0 saturated carbocycles. The predicted octanol–water partition coefficient (Wildman–Crippen LogP) is 2.66. The van der Waals surface area contributed by atoms with Gasteiger partial charge >= 0.3 is 5.69 Å². The largest absolute Gasteiger partial charge is 0.348 e. The topological polar surface area (TPSA) is 84.7 Å². The van der Waals surface area contributed by atoms with Crippen molar-refractivity contribution in [2.45, 2.75) is 26.9 Å². The van der Waals surface area contributed by atoms with Gasteiger partial charge in [-0.25, -0.2) is 4.79 Å². The molecule has 7 heteroatoms. The molecule has 4 aromatic rings. The zero-order valence-corrected chi connectivity index (χ0v) is 16.7. The van der Waals surface area contributed by atoms with Gasteiger partial charge in [0.2, 0.25) is 0 Å². The fraction of sp³-hybridized carbons (Fsp3) is 0.227. The number of rotatable bonds is 5. The van der Waals surface area contributed by atoms with E-state index in [1.54, 1.807) is 25.2 Å². The van der Waals surface area contributed by atoms with E-state index in [4.69, 9.17) is 0 Å². The minimum atomic E-state index is -0.199. The van der Waals surface area contributed by atoms with Crippen molar-refractivity contribution in [3.05, 3.63) is 87.1 Å². The number of carbonyl (C=O) groups is 1. The number of aromatic nitrogens is 4. The molecule has 0 fully saturated rings. The number of hydrogen-bond acceptors (Lipinski definition) is 3. The number of nitrogens with one attached hydrogen (secondary N) is 2. The fourth-order valence-electron chi connectivity index (χ4n) is 3.55. The summed E-state index contributed by atoms with van der Waals surface area (Å²) in [5.41, 5.74) is 5.85. The van der Waals surface area contributed by atoms with Crippen LogP contribution in [0.4, 0.5) is 0 Å². The van der Waals surface area contributed by atoms with Gasteiger partial charge in [0.05, 0.1) is 23.3 Å². The highest BCUT2D eigenvalue weighted by Crippen LogP contribution is 2.16. The van der Waals surface area contributed by atoms with Crippen molar-refractivity contribution in [3.8, 4) is 0 Å². The average molecular weight is 389 g/mol. The maximum absolute atomic E-state index is 12.6. The van der Waals surface area contributed by atoms with Crippen LogP contribution in [0.5, 0.6) is 0 Å². The lowest BCUT2D eigenvalue weighted by Gasteiger charge is -2.08. The molecule has 7 nitrogen and oxygen atoms in total. The number of H-pyrrole nitrogens is 1. The lowest BCUT2D eigenvalue weighted by Crippen LogP contribution is -2.23. The highest BCUT2D eigenvalue weighted by molar-refractivity contribution is 5.97. The van der Waals surface area contributed by atoms with Crippen molar-refractivity contribution in [1.29, 1.82) is 0 Å². The van der Waals surface area contributed by atoms with Gasteiger partial charge in [0.15, 0.2) is 0 Å². The first kappa shape index (κ1) is 18.7. The first-order valence-electron chi connectivity index (χ1n) is 9.48. The summed E-state index contributed by atoms with van der Waals surface area (Å²) in [4.78, 5) is 27.1. The van der Waals surface area contributed by atoms with Crippen LogP contribution in [0.3, 0.4) is 0 Å². The van der Waals surface area contributed by atoms with Crippen molar-refractivity contribution in [1.82, 2.24) is 24.6 Å². The number of amides is 1. The van der Waals surface area contributed by atoms with E-state index < -0.39 is 0 Å². The number of benzene rings is 2. The van der Waals surface area contributed by atoms with Crippen molar-refractivity contribution in [2.75, 3.05) is 0 Å². The van der Waals surface area contributed by atoms with E-state index >= 15 is 0 Å². The number of fused-ring (bicyclic) bond motifs is 1. The van der Waals surface area contributed by atoms with Crippen molar-refractivity contribution in [3.63, 3.8) is 0 Å². The van der Waals surface area contributed by atoms with E-state index in [1.807, 2.05) is 36.7 Å². The number of nitrogens with zero attached hydrogens (tertiary/aromatic N) is 3. The summed E-state index contributed by atoms with van der Waals surface area (Å²) < 4.78 is 3.48. The summed E-state index contributed by atoms with van der Waals surface area (Å²) in [6.45, 7) is 5.07.